The van der Waals surface area contributed by atoms with E-state index in [1.54, 1.807) is 24.3 Å². The SMILES string of the molecule is CCCC[C@H](NC(=O)Nc1ccc(C(C)=O)cc1)C(=O)O. The smallest absolute Gasteiger partial charge is 0.326 e. The number of urea groups is 1. The molecule has 0 fully saturated rings. The molecule has 0 saturated carbocycles. The molecule has 1 aromatic rings. The number of carboxylic acids is 1. The Labute approximate surface area is 123 Å². The molecule has 3 N–H and O–H groups in total. The summed E-state index contributed by atoms with van der Waals surface area (Å²) in [6.07, 6.45) is 1.98. The second-order valence-corrected chi connectivity index (χ2v) is 4.77. The van der Waals surface area contributed by atoms with Gasteiger partial charge >= 0.3 is 12.0 Å². The minimum atomic E-state index is -1.05. The van der Waals surface area contributed by atoms with Crippen molar-refractivity contribution in [3.8, 4) is 0 Å². The van der Waals surface area contributed by atoms with E-state index < -0.39 is 18.0 Å². The lowest BCUT2D eigenvalue weighted by Gasteiger charge is -2.14. The summed E-state index contributed by atoms with van der Waals surface area (Å²) in [5, 5.41) is 14.0. The average Bonchev–Trinajstić information content (AvgIpc) is 2.43. The summed E-state index contributed by atoms with van der Waals surface area (Å²) >= 11 is 0. The second kappa shape index (κ2) is 8.04. The van der Waals surface area contributed by atoms with Crippen molar-refractivity contribution in [3.05, 3.63) is 29.8 Å². The molecule has 0 heterocycles. The Hall–Kier alpha value is -2.37. The minimum Gasteiger partial charge on any atom is -0.480 e. The highest BCUT2D eigenvalue weighted by molar-refractivity contribution is 5.95. The first-order valence-electron chi connectivity index (χ1n) is 6.85. The van der Waals surface area contributed by atoms with Crippen LogP contribution in [0.5, 0.6) is 0 Å². The van der Waals surface area contributed by atoms with Gasteiger partial charge in [-0.1, -0.05) is 19.8 Å². The molecule has 0 spiro atoms. The van der Waals surface area contributed by atoms with Gasteiger partial charge < -0.3 is 15.7 Å². The number of aliphatic carboxylic acids is 1. The number of unbranched alkanes of at least 4 members (excludes halogenated alkanes) is 1. The van der Waals surface area contributed by atoms with Crippen LogP contribution in [-0.4, -0.2) is 28.9 Å². The monoisotopic (exact) mass is 292 g/mol. The Balaban J connectivity index is 2.59. The van der Waals surface area contributed by atoms with Gasteiger partial charge in [0.25, 0.3) is 0 Å². The molecule has 0 aliphatic heterocycles. The van der Waals surface area contributed by atoms with Crippen molar-refractivity contribution >= 4 is 23.5 Å². The third-order valence-corrected chi connectivity index (χ3v) is 3.00. The first kappa shape index (κ1) is 16.7. The summed E-state index contributed by atoms with van der Waals surface area (Å²) in [5.74, 6) is -1.11. The largest absolute Gasteiger partial charge is 0.480 e. The summed E-state index contributed by atoms with van der Waals surface area (Å²) in [7, 11) is 0. The molecule has 0 aliphatic rings. The van der Waals surface area contributed by atoms with Gasteiger partial charge in [-0.2, -0.15) is 0 Å². The number of ketones is 1. The van der Waals surface area contributed by atoms with Gasteiger partial charge in [0.15, 0.2) is 5.78 Å². The maximum Gasteiger partial charge on any atom is 0.326 e. The highest BCUT2D eigenvalue weighted by Crippen LogP contribution is 2.10. The number of Topliss-reactive ketones (excluding diaryl/α,β-unsaturated/α-hetero) is 1. The average molecular weight is 292 g/mol. The lowest BCUT2D eigenvalue weighted by atomic mass is 10.1. The second-order valence-electron chi connectivity index (χ2n) is 4.77. The third kappa shape index (κ3) is 5.64. The van der Waals surface area contributed by atoms with Crippen molar-refractivity contribution in [3.63, 3.8) is 0 Å². The van der Waals surface area contributed by atoms with Crippen LogP contribution in [0, 0.1) is 0 Å². The fourth-order valence-corrected chi connectivity index (χ4v) is 1.78. The predicted molar refractivity (Wildman–Crippen MR) is 79.5 cm³/mol. The van der Waals surface area contributed by atoms with Gasteiger partial charge in [0.05, 0.1) is 0 Å². The molecule has 2 amide bonds. The van der Waals surface area contributed by atoms with Crippen molar-refractivity contribution in [2.45, 2.75) is 39.2 Å². The highest BCUT2D eigenvalue weighted by Gasteiger charge is 2.19. The number of hydrogen-bond donors (Lipinski definition) is 3. The van der Waals surface area contributed by atoms with E-state index in [9.17, 15) is 14.4 Å². The van der Waals surface area contributed by atoms with Crippen molar-refractivity contribution in [1.29, 1.82) is 0 Å². The normalized spacial score (nSPS) is 11.5. The van der Waals surface area contributed by atoms with Gasteiger partial charge in [-0.3, -0.25) is 4.79 Å². The van der Waals surface area contributed by atoms with Gasteiger partial charge in [0, 0.05) is 11.3 Å². The quantitative estimate of drug-likeness (QED) is 0.673. The highest BCUT2D eigenvalue weighted by atomic mass is 16.4. The van der Waals surface area contributed by atoms with Crippen LogP contribution in [0.4, 0.5) is 10.5 Å². The summed E-state index contributed by atoms with van der Waals surface area (Å²) < 4.78 is 0. The molecule has 0 aliphatic carbocycles. The Morgan fingerprint density at radius 3 is 2.29 bits per heavy atom. The van der Waals surface area contributed by atoms with Crippen LogP contribution in [0.2, 0.25) is 0 Å². The van der Waals surface area contributed by atoms with E-state index in [4.69, 9.17) is 5.11 Å². The molecule has 1 atom stereocenters. The van der Waals surface area contributed by atoms with Crippen LogP contribution in [0.1, 0.15) is 43.5 Å². The molecule has 114 valence electrons. The molecule has 0 saturated heterocycles. The molecular weight excluding hydrogens is 272 g/mol. The van der Waals surface area contributed by atoms with Crippen LogP contribution >= 0.6 is 0 Å². The standard InChI is InChI=1S/C15H20N2O4/c1-3-4-5-13(14(19)20)17-15(21)16-12-8-6-11(7-9-12)10(2)18/h6-9,13H,3-5H2,1-2H3,(H,19,20)(H2,16,17,21)/t13-/m0/s1. The zero-order valence-corrected chi connectivity index (χ0v) is 12.2. The Bertz CT molecular complexity index is 511. The number of benzene rings is 1. The zero-order chi connectivity index (χ0) is 15.8. The third-order valence-electron chi connectivity index (χ3n) is 3.00. The van der Waals surface area contributed by atoms with E-state index >= 15 is 0 Å². The number of anilines is 1. The first-order valence-corrected chi connectivity index (χ1v) is 6.85. The van der Waals surface area contributed by atoms with Crippen LogP contribution in [-0.2, 0) is 4.79 Å². The van der Waals surface area contributed by atoms with E-state index in [0.717, 1.165) is 12.8 Å². The van der Waals surface area contributed by atoms with Gasteiger partial charge in [0.2, 0.25) is 0 Å². The topological polar surface area (TPSA) is 95.5 Å². The van der Waals surface area contributed by atoms with E-state index in [-0.39, 0.29) is 5.78 Å². The lowest BCUT2D eigenvalue weighted by Crippen LogP contribution is -2.42. The van der Waals surface area contributed by atoms with Crippen molar-refractivity contribution in [2.24, 2.45) is 0 Å². The van der Waals surface area contributed by atoms with Crippen molar-refractivity contribution < 1.29 is 19.5 Å². The number of carbonyl (C=O) groups is 3. The summed E-state index contributed by atoms with van der Waals surface area (Å²) in [4.78, 5) is 33.9. The molecule has 0 radical (unpaired) electrons. The lowest BCUT2D eigenvalue weighted by molar-refractivity contribution is -0.139. The Kier molecular flexibility index (Phi) is 6.39. The Morgan fingerprint density at radius 1 is 1.19 bits per heavy atom. The molecule has 0 bridgehead atoms. The Morgan fingerprint density at radius 2 is 1.81 bits per heavy atom. The molecule has 6 heteroatoms. The fourth-order valence-electron chi connectivity index (χ4n) is 1.78. The van der Waals surface area contributed by atoms with E-state index in [1.165, 1.54) is 6.92 Å². The fraction of sp³-hybridized carbons (Fsp3) is 0.400. The number of rotatable bonds is 7. The van der Waals surface area contributed by atoms with E-state index in [2.05, 4.69) is 10.6 Å². The summed E-state index contributed by atoms with van der Waals surface area (Å²) in [6, 6.07) is 4.92. The number of amides is 2. The van der Waals surface area contributed by atoms with E-state index in [1.807, 2.05) is 6.92 Å². The predicted octanol–water partition coefficient (Wildman–Crippen LogP) is 2.65. The molecule has 21 heavy (non-hydrogen) atoms. The number of nitrogens with one attached hydrogen (secondary N) is 2. The first-order chi connectivity index (χ1) is 9.93. The summed E-state index contributed by atoms with van der Waals surface area (Å²) in [6.45, 7) is 3.41. The van der Waals surface area contributed by atoms with Gasteiger partial charge in [0.1, 0.15) is 6.04 Å². The number of hydrogen-bond acceptors (Lipinski definition) is 3. The van der Waals surface area contributed by atoms with Crippen molar-refractivity contribution in [2.75, 3.05) is 5.32 Å². The van der Waals surface area contributed by atoms with Gasteiger partial charge in [-0.25, -0.2) is 9.59 Å². The number of carbonyl (C=O) groups excluding carboxylic acids is 2. The van der Waals surface area contributed by atoms with Crippen LogP contribution in [0.25, 0.3) is 0 Å². The molecule has 1 rings (SSSR count). The van der Waals surface area contributed by atoms with Crippen LogP contribution in [0.3, 0.4) is 0 Å². The van der Waals surface area contributed by atoms with E-state index in [0.29, 0.717) is 17.7 Å². The van der Waals surface area contributed by atoms with Gasteiger partial charge in [-0.15, -0.1) is 0 Å². The summed E-state index contributed by atoms with van der Waals surface area (Å²) in [5.41, 5.74) is 1.05. The zero-order valence-electron chi connectivity index (χ0n) is 12.2. The molecule has 1 aromatic carbocycles. The molecular formula is C15H20N2O4. The number of carboxylic acid groups (broad SMARTS) is 1. The van der Waals surface area contributed by atoms with Gasteiger partial charge in [-0.05, 0) is 37.6 Å². The molecule has 0 unspecified atom stereocenters. The van der Waals surface area contributed by atoms with Crippen LogP contribution in [0.15, 0.2) is 24.3 Å². The van der Waals surface area contributed by atoms with Crippen LogP contribution < -0.4 is 10.6 Å². The van der Waals surface area contributed by atoms with Crippen molar-refractivity contribution in [1.82, 2.24) is 5.32 Å². The molecule has 0 aromatic heterocycles. The maximum absolute atomic E-state index is 11.8. The molecule has 6 nitrogen and oxygen atoms in total. The maximum atomic E-state index is 11.8. The minimum absolute atomic E-state index is 0.0588.